The zero-order chi connectivity index (χ0) is 21.2. The lowest BCUT2D eigenvalue weighted by Crippen LogP contribution is -2.30. The van der Waals surface area contributed by atoms with Crippen molar-refractivity contribution in [2.24, 2.45) is 11.8 Å². The first kappa shape index (κ1) is 18.2. The van der Waals surface area contributed by atoms with E-state index in [1.807, 2.05) is 0 Å². The standard InChI is InChI=1S/C32H26/c1-2-20-10-11-21-15-17-28-25(13-12-22-14-16-27(20)31(21)32(22)28)18-23-7-5-9-29-26-8-4-3-6-24(26)19-30(23)29/h3-17,31-32H,2,18-19H2,1H3. The third-order valence-corrected chi connectivity index (χ3v) is 8.04. The first-order valence-corrected chi connectivity index (χ1v) is 11.9. The first-order chi connectivity index (χ1) is 15.8. The van der Waals surface area contributed by atoms with E-state index in [0.29, 0.717) is 11.8 Å². The molecule has 2 unspecified atom stereocenters. The van der Waals surface area contributed by atoms with E-state index in [-0.39, 0.29) is 0 Å². The van der Waals surface area contributed by atoms with Crippen LogP contribution in [0.25, 0.3) is 11.1 Å². The largest absolute Gasteiger partial charge is 0.0619 e. The zero-order valence-electron chi connectivity index (χ0n) is 18.4. The van der Waals surface area contributed by atoms with E-state index >= 15 is 0 Å². The predicted octanol–water partition coefficient (Wildman–Crippen LogP) is 7.61. The molecule has 0 spiro atoms. The molecule has 0 nitrogen and oxygen atoms in total. The minimum atomic E-state index is 0.468. The van der Waals surface area contributed by atoms with Crippen LogP contribution in [0.5, 0.6) is 0 Å². The van der Waals surface area contributed by atoms with Crippen molar-refractivity contribution in [3.05, 3.63) is 141 Å². The second kappa shape index (κ2) is 6.81. The molecule has 0 fully saturated rings. The second-order valence-electron chi connectivity index (χ2n) is 9.56. The van der Waals surface area contributed by atoms with Crippen molar-refractivity contribution in [1.29, 1.82) is 0 Å². The van der Waals surface area contributed by atoms with Gasteiger partial charge >= 0.3 is 0 Å². The van der Waals surface area contributed by atoms with Gasteiger partial charge in [0.1, 0.15) is 0 Å². The summed E-state index contributed by atoms with van der Waals surface area (Å²) in [6, 6.07) is 15.8. The van der Waals surface area contributed by atoms with Gasteiger partial charge in [-0.1, -0.05) is 98.0 Å². The van der Waals surface area contributed by atoms with Crippen molar-refractivity contribution in [3.8, 4) is 11.1 Å². The van der Waals surface area contributed by atoms with Gasteiger partial charge < -0.3 is 0 Å². The molecular formula is C32H26. The van der Waals surface area contributed by atoms with Crippen molar-refractivity contribution < 1.29 is 0 Å². The van der Waals surface area contributed by atoms with Gasteiger partial charge in [-0.25, -0.2) is 0 Å². The molecule has 0 N–H and O–H groups in total. The lowest BCUT2D eigenvalue weighted by Gasteiger charge is -2.42. The molecule has 0 radical (unpaired) electrons. The minimum absolute atomic E-state index is 0.468. The molecule has 0 heterocycles. The summed E-state index contributed by atoms with van der Waals surface area (Å²) in [5, 5.41) is 0. The van der Waals surface area contributed by atoms with Crippen LogP contribution in [0.4, 0.5) is 0 Å². The highest BCUT2D eigenvalue weighted by atomic mass is 14.4. The zero-order valence-corrected chi connectivity index (χ0v) is 18.4. The van der Waals surface area contributed by atoms with Crippen LogP contribution in [0.15, 0.2) is 125 Å². The Balaban J connectivity index is 1.30. The van der Waals surface area contributed by atoms with Crippen molar-refractivity contribution in [2.45, 2.75) is 26.2 Å². The van der Waals surface area contributed by atoms with Crippen LogP contribution in [0.1, 0.15) is 30.0 Å². The van der Waals surface area contributed by atoms with Crippen LogP contribution in [-0.2, 0) is 12.8 Å². The van der Waals surface area contributed by atoms with Crippen molar-refractivity contribution >= 4 is 0 Å². The fraction of sp³-hybridized carbons (Fsp3) is 0.188. The van der Waals surface area contributed by atoms with Gasteiger partial charge in [0, 0.05) is 11.8 Å². The van der Waals surface area contributed by atoms with Gasteiger partial charge in [-0.3, -0.25) is 0 Å². The first-order valence-electron chi connectivity index (χ1n) is 11.9. The van der Waals surface area contributed by atoms with Crippen LogP contribution >= 0.6 is 0 Å². The SMILES string of the molecule is CCC1=C2C=CC3=CC=C(Cc4cccc5c4Cc4ccccc4-5)C4=CC=C(C=C1)C2C34. The summed E-state index contributed by atoms with van der Waals surface area (Å²) < 4.78 is 0. The Morgan fingerprint density at radius 3 is 2.50 bits per heavy atom. The average molecular weight is 411 g/mol. The molecule has 7 rings (SSSR count). The predicted molar refractivity (Wildman–Crippen MR) is 133 cm³/mol. The molecular weight excluding hydrogens is 384 g/mol. The summed E-state index contributed by atoms with van der Waals surface area (Å²) in [4.78, 5) is 0. The molecule has 2 aromatic rings. The number of hydrogen-bond donors (Lipinski definition) is 0. The summed E-state index contributed by atoms with van der Waals surface area (Å²) in [7, 11) is 0. The molecule has 2 atom stereocenters. The summed E-state index contributed by atoms with van der Waals surface area (Å²) >= 11 is 0. The maximum atomic E-state index is 2.41. The molecule has 0 amide bonds. The van der Waals surface area contributed by atoms with Gasteiger partial charge in [0.15, 0.2) is 0 Å². The highest BCUT2D eigenvalue weighted by molar-refractivity contribution is 5.78. The maximum Gasteiger partial charge on any atom is 0.0202 e. The van der Waals surface area contributed by atoms with Crippen molar-refractivity contribution in [3.63, 3.8) is 0 Å². The van der Waals surface area contributed by atoms with Crippen LogP contribution < -0.4 is 0 Å². The monoisotopic (exact) mass is 410 g/mol. The Labute approximate surface area is 190 Å². The smallest absolute Gasteiger partial charge is 0.0202 e. The Kier molecular flexibility index (Phi) is 3.88. The van der Waals surface area contributed by atoms with Crippen molar-refractivity contribution in [2.75, 3.05) is 0 Å². The molecule has 32 heavy (non-hydrogen) atoms. The molecule has 0 saturated heterocycles. The second-order valence-corrected chi connectivity index (χ2v) is 9.56. The van der Waals surface area contributed by atoms with E-state index in [4.69, 9.17) is 0 Å². The van der Waals surface area contributed by atoms with Crippen molar-refractivity contribution in [1.82, 2.24) is 0 Å². The molecule has 0 aromatic heterocycles. The van der Waals surface area contributed by atoms with E-state index in [0.717, 1.165) is 19.3 Å². The Hall–Kier alpha value is -3.38. The van der Waals surface area contributed by atoms with Crippen LogP contribution in [0.3, 0.4) is 0 Å². The molecule has 0 aliphatic heterocycles. The van der Waals surface area contributed by atoms with E-state index in [9.17, 15) is 0 Å². The van der Waals surface area contributed by atoms with Crippen LogP contribution in [-0.4, -0.2) is 0 Å². The van der Waals surface area contributed by atoms with E-state index in [2.05, 4.69) is 98.0 Å². The van der Waals surface area contributed by atoms with Gasteiger partial charge in [0.2, 0.25) is 0 Å². The van der Waals surface area contributed by atoms with Gasteiger partial charge in [0.05, 0.1) is 0 Å². The molecule has 0 saturated carbocycles. The van der Waals surface area contributed by atoms with Gasteiger partial charge in [-0.05, 0) is 80.5 Å². The lowest BCUT2D eigenvalue weighted by atomic mass is 9.61. The third kappa shape index (κ3) is 2.50. The third-order valence-electron chi connectivity index (χ3n) is 8.04. The highest BCUT2D eigenvalue weighted by Gasteiger charge is 2.39. The summed E-state index contributed by atoms with van der Waals surface area (Å²) in [5.74, 6) is 0.955. The molecule has 0 bridgehead atoms. The quantitative estimate of drug-likeness (QED) is 0.417. The van der Waals surface area contributed by atoms with E-state index < -0.39 is 0 Å². The van der Waals surface area contributed by atoms with E-state index in [1.165, 1.54) is 61.3 Å². The summed E-state index contributed by atoms with van der Waals surface area (Å²) in [5.41, 5.74) is 16.3. The molecule has 0 heteroatoms. The normalized spacial score (nSPS) is 23.7. The number of fused-ring (bicyclic) bond motifs is 3. The highest BCUT2D eigenvalue weighted by Crippen LogP contribution is 2.52. The maximum absolute atomic E-state index is 2.41. The van der Waals surface area contributed by atoms with Crippen LogP contribution in [0.2, 0.25) is 0 Å². The lowest BCUT2D eigenvalue weighted by molar-refractivity contribution is 0.550. The number of hydrogen-bond acceptors (Lipinski definition) is 0. The number of rotatable bonds is 3. The Bertz CT molecular complexity index is 1390. The summed E-state index contributed by atoms with van der Waals surface area (Å²) in [6.07, 6.45) is 22.2. The molecule has 5 aliphatic carbocycles. The van der Waals surface area contributed by atoms with Crippen LogP contribution in [0, 0.1) is 11.8 Å². The minimum Gasteiger partial charge on any atom is -0.0619 e. The average Bonchev–Trinajstić information content (AvgIpc) is 3.23. The topological polar surface area (TPSA) is 0 Å². The molecule has 2 aromatic carbocycles. The fourth-order valence-corrected chi connectivity index (χ4v) is 6.49. The van der Waals surface area contributed by atoms with Gasteiger partial charge in [-0.2, -0.15) is 0 Å². The molecule has 5 aliphatic rings. The number of allylic oxidation sites excluding steroid dienone is 14. The fourth-order valence-electron chi connectivity index (χ4n) is 6.49. The summed E-state index contributed by atoms with van der Waals surface area (Å²) in [6.45, 7) is 2.28. The van der Waals surface area contributed by atoms with E-state index in [1.54, 1.807) is 0 Å². The van der Waals surface area contributed by atoms with Gasteiger partial charge in [0.25, 0.3) is 0 Å². The molecule has 154 valence electrons. The van der Waals surface area contributed by atoms with Gasteiger partial charge in [-0.15, -0.1) is 0 Å². The Morgan fingerprint density at radius 1 is 0.750 bits per heavy atom. The Morgan fingerprint density at radius 2 is 1.56 bits per heavy atom. The number of benzene rings is 2.